The molecule has 0 saturated heterocycles. The third kappa shape index (κ3) is 3.62. The first-order chi connectivity index (χ1) is 9.08. The average Bonchev–Trinajstić information content (AvgIpc) is 2.74. The summed E-state index contributed by atoms with van der Waals surface area (Å²) in [4.78, 5) is 11.8. The Hall–Kier alpha value is -1.72. The van der Waals surface area contributed by atoms with Crippen molar-refractivity contribution in [1.82, 2.24) is 10.2 Å². The van der Waals surface area contributed by atoms with Gasteiger partial charge in [0.15, 0.2) is 0 Å². The van der Waals surface area contributed by atoms with Crippen LogP contribution in [-0.4, -0.2) is 16.2 Å². The molecule has 0 aliphatic heterocycles. The van der Waals surface area contributed by atoms with Gasteiger partial charge in [-0.25, -0.2) is 4.79 Å². The molecule has 7 heteroatoms. The highest BCUT2D eigenvalue weighted by atomic mass is 35.5. The molecule has 1 aromatic carbocycles. The van der Waals surface area contributed by atoms with E-state index in [1.54, 1.807) is 24.4 Å². The van der Waals surface area contributed by atoms with Crippen LogP contribution in [-0.2, 0) is 6.42 Å². The number of aromatic nitrogens is 2. The highest BCUT2D eigenvalue weighted by Gasteiger charge is 2.08. The molecule has 0 aliphatic carbocycles. The van der Waals surface area contributed by atoms with E-state index < -0.39 is 6.03 Å². The zero-order chi connectivity index (χ0) is 13.8. The molecule has 2 rings (SSSR count). The normalized spacial score (nSPS) is 10.3. The number of anilines is 2. The molecule has 5 nitrogen and oxygen atoms in total. The van der Waals surface area contributed by atoms with Crippen molar-refractivity contribution in [2.75, 3.05) is 10.6 Å². The van der Waals surface area contributed by atoms with Gasteiger partial charge in [0.1, 0.15) is 5.82 Å². The summed E-state index contributed by atoms with van der Waals surface area (Å²) in [5.41, 5.74) is 1.45. The van der Waals surface area contributed by atoms with Crippen LogP contribution in [0.2, 0.25) is 10.0 Å². The van der Waals surface area contributed by atoms with E-state index in [1.165, 1.54) is 0 Å². The largest absolute Gasteiger partial charge is 0.324 e. The number of benzene rings is 1. The molecule has 0 spiro atoms. The number of urea groups is 1. The lowest BCUT2D eigenvalue weighted by atomic mass is 10.2. The molecule has 0 fully saturated rings. The molecule has 1 heterocycles. The lowest BCUT2D eigenvalue weighted by molar-refractivity contribution is 0.262. The van der Waals surface area contributed by atoms with Crippen LogP contribution in [0.25, 0.3) is 0 Å². The maximum Gasteiger partial charge on any atom is 0.324 e. The molecular formula is C12H12Cl2N4O. The van der Waals surface area contributed by atoms with Crippen molar-refractivity contribution in [3.05, 3.63) is 40.0 Å². The Kier molecular flexibility index (Phi) is 4.29. The first kappa shape index (κ1) is 13.7. The van der Waals surface area contributed by atoms with Crippen LogP contribution in [0.15, 0.2) is 24.4 Å². The molecule has 0 radical (unpaired) electrons. The first-order valence-corrected chi connectivity index (χ1v) is 6.40. The number of aromatic amines is 1. The van der Waals surface area contributed by atoms with Crippen molar-refractivity contribution in [2.24, 2.45) is 0 Å². The van der Waals surface area contributed by atoms with Gasteiger partial charge in [-0.3, -0.25) is 10.4 Å². The molecule has 3 N–H and O–H groups in total. The van der Waals surface area contributed by atoms with E-state index in [2.05, 4.69) is 20.8 Å². The highest BCUT2D eigenvalue weighted by Crippen LogP contribution is 2.22. The number of rotatable bonds is 3. The van der Waals surface area contributed by atoms with E-state index in [0.717, 1.165) is 12.0 Å². The summed E-state index contributed by atoms with van der Waals surface area (Å²) in [5.74, 6) is 0.577. The Morgan fingerprint density at radius 1 is 1.26 bits per heavy atom. The van der Waals surface area contributed by atoms with Gasteiger partial charge in [0.05, 0.1) is 6.20 Å². The van der Waals surface area contributed by atoms with E-state index in [9.17, 15) is 4.79 Å². The standard InChI is InChI=1S/C12H12Cl2N4O/c1-2-7-6-15-18-11(7)17-12(19)16-10-4-8(13)3-9(14)5-10/h3-6H,2H2,1H3,(H3,15,16,17,18,19). The summed E-state index contributed by atoms with van der Waals surface area (Å²) in [6, 6.07) is 4.43. The van der Waals surface area contributed by atoms with Crippen LogP contribution in [0.1, 0.15) is 12.5 Å². The van der Waals surface area contributed by atoms with Crippen LogP contribution < -0.4 is 10.6 Å². The third-order valence-corrected chi connectivity index (χ3v) is 2.89. The fourth-order valence-corrected chi connectivity index (χ4v) is 2.12. The Bertz CT molecular complexity index is 577. The second-order valence-electron chi connectivity index (χ2n) is 3.86. The lowest BCUT2D eigenvalue weighted by Crippen LogP contribution is -2.20. The Morgan fingerprint density at radius 3 is 2.58 bits per heavy atom. The minimum atomic E-state index is -0.391. The predicted molar refractivity (Wildman–Crippen MR) is 77.1 cm³/mol. The maximum atomic E-state index is 11.8. The zero-order valence-corrected chi connectivity index (χ0v) is 11.6. The van der Waals surface area contributed by atoms with Gasteiger partial charge in [0, 0.05) is 21.3 Å². The Balaban J connectivity index is 2.05. The van der Waals surface area contributed by atoms with E-state index in [4.69, 9.17) is 23.2 Å². The number of amides is 2. The Labute approximate surface area is 120 Å². The summed E-state index contributed by atoms with van der Waals surface area (Å²) in [5, 5.41) is 12.8. The maximum absolute atomic E-state index is 11.8. The second kappa shape index (κ2) is 5.95. The van der Waals surface area contributed by atoms with Crippen molar-refractivity contribution in [1.29, 1.82) is 0 Å². The van der Waals surface area contributed by atoms with E-state index in [0.29, 0.717) is 21.6 Å². The van der Waals surface area contributed by atoms with Crippen LogP contribution in [0, 0.1) is 0 Å². The molecule has 2 amide bonds. The van der Waals surface area contributed by atoms with E-state index in [-0.39, 0.29) is 0 Å². The molecular weight excluding hydrogens is 287 g/mol. The molecule has 19 heavy (non-hydrogen) atoms. The highest BCUT2D eigenvalue weighted by molar-refractivity contribution is 6.35. The summed E-state index contributed by atoms with van der Waals surface area (Å²) >= 11 is 11.7. The number of hydrogen-bond donors (Lipinski definition) is 3. The van der Waals surface area contributed by atoms with Crippen LogP contribution in [0.4, 0.5) is 16.3 Å². The summed E-state index contributed by atoms with van der Waals surface area (Å²) in [6.07, 6.45) is 2.45. The number of H-pyrrole nitrogens is 1. The third-order valence-electron chi connectivity index (χ3n) is 2.46. The second-order valence-corrected chi connectivity index (χ2v) is 4.73. The number of nitrogens with one attached hydrogen (secondary N) is 3. The fraction of sp³-hybridized carbons (Fsp3) is 0.167. The minimum absolute atomic E-state index is 0.391. The molecule has 100 valence electrons. The molecule has 0 unspecified atom stereocenters. The Morgan fingerprint density at radius 2 is 1.95 bits per heavy atom. The molecule has 2 aromatic rings. The lowest BCUT2D eigenvalue weighted by Gasteiger charge is -2.08. The number of aryl methyl sites for hydroxylation is 1. The summed E-state index contributed by atoms with van der Waals surface area (Å²) in [7, 11) is 0. The van der Waals surface area contributed by atoms with Crippen molar-refractivity contribution >= 4 is 40.7 Å². The van der Waals surface area contributed by atoms with Crippen molar-refractivity contribution in [3.63, 3.8) is 0 Å². The quantitative estimate of drug-likeness (QED) is 0.804. The first-order valence-electron chi connectivity index (χ1n) is 5.65. The monoisotopic (exact) mass is 298 g/mol. The molecule has 0 saturated carbocycles. The van der Waals surface area contributed by atoms with Gasteiger partial charge in [-0.05, 0) is 24.6 Å². The predicted octanol–water partition coefficient (Wildman–Crippen LogP) is 3.92. The number of halogens is 2. The van der Waals surface area contributed by atoms with Crippen LogP contribution >= 0.6 is 23.2 Å². The SMILES string of the molecule is CCc1cn[nH]c1NC(=O)Nc1cc(Cl)cc(Cl)c1. The summed E-state index contributed by atoms with van der Waals surface area (Å²) < 4.78 is 0. The van der Waals surface area contributed by atoms with Gasteiger partial charge in [-0.2, -0.15) is 5.10 Å². The van der Waals surface area contributed by atoms with Crippen molar-refractivity contribution in [2.45, 2.75) is 13.3 Å². The number of nitrogens with zero attached hydrogens (tertiary/aromatic N) is 1. The van der Waals surface area contributed by atoms with Gasteiger partial charge in [-0.15, -0.1) is 0 Å². The number of carbonyl (C=O) groups is 1. The van der Waals surface area contributed by atoms with E-state index >= 15 is 0 Å². The van der Waals surface area contributed by atoms with Gasteiger partial charge in [0.25, 0.3) is 0 Å². The molecule has 0 aliphatic rings. The fourth-order valence-electron chi connectivity index (χ4n) is 1.59. The van der Waals surface area contributed by atoms with Crippen molar-refractivity contribution in [3.8, 4) is 0 Å². The van der Waals surface area contributed by atoms with E-state index in [1.807, 2.05) is 6.92 Å². The average molecular weight is 299 g/mol. The topological polar surface area (TPSA) is 69.8 Å². The molecule has 0 bridgehead atoms. The van der Waals surface area contributed by atoms with Gasteiger partial charge in [-0.1, -0.05) is 30.1 Å². The van der Waals surface area contributed by atoms with Crippen molar-refractivity contribution < 1.29 is 4.79 Å². The number of hydrogen-bond acceptors (Lipinski definition) is 2. The zero-order valence-electron chi connectivity index (χ0n) is 10.1. The van der Waals surface area contributed by atoms with Crippen LogP contribution in [0.3, 0.4) is 0 Å². The van der Waals surface area contributed by atoms with Gasteiger partial charge < -0.3 is 5.32 Å². The van der Waals surface area contributed by atoms with Gasteiger partial charge >= 0.3 is 6.03 Å². The minimum Gasteiger partial charge on any atom is -0.308 e. The molecule has 0 atom stereocenters. The molecule has 1 aromatic heterocycles. The number of carbonyl (C=O) groups excluding carboxylic acids is 1. The van der Waals surface area contributed by atoms with Crippen LogP contribution in [0.5, 0.6) is 0 Å². The summed E-state index contributed by atoms with van der Waals surface area (Å²) in [6.45, 7) is 1.98. The smallest absolute Gasteiger partial charge is 0.308 e. The van der Waals surface area contributed by atoms with Gasteiger partial charge in [0.2, 0.25) is 0 Å².